The molecule has 0 N–H and O–H groups in total. The Balaban J connectivity index is 1.70. The highest BCUT2D eigenvalue weighted by molar-refractivity contribution is 8.00. The van der Waals surface area contributed by atoms with Crippen LogP contribution in [-0.2, 0) is 9.53 Å². The molecule has 2 aromatic rings. The van der Waals surface area contributed by atoms with Gasteiger partial charge in [0.15, 0.2) is 0 Å². The van der Waals surface area contributed by atoms with Crippen molar-refractivity contribution < 1.29 is 9.53 Å². The fraction of sp³-hybridized carbons (Fsp3) is 0.333. The number of morpholine rings is 1. The Labute approximate surface area is 140 Å². The van der Waals surface area contributed by atoms with Crippen LogP contribution in [0.4, 0.5) is 0 Å². The van der Waals surface area contributed by atoms with Crippen molar-refractivity contribution in [1.82, 2.24) is 9.88 Å². The highest BCUT2D eigenvalue weighted by atomic mass is 32.2. The lowest BCUT2D eigenvalue weighted by atomic mass is 10.0. The van der Waals surface area contributed by atoms with Crippen molar-refractivity contribution in [3.05, 3.63) is 60.4 Å². The van der Waals surface area contributed by atoms with Gasteiger partial charge < -0.3 is 9.64 Å². The van der Waals surface area contributed by atoms with Gasteiger partial charge in [-0.15, -0.1) is 11.8 Å². The molecule has 0 saturated carbocycles. The number of hydrogen-bond acceptors (Lipinski definition) is 4. The fourth-order valence-corrected chi connectivity index (χ4v) is 3.46. The molecule has 0 bridgehead atoms. The summed E-state index contributed by atoms with van der Waals surface area (Å²) in [6, 6.07) is 14.0. The number of carbonyl (C=O) groups is 1. The third kappa shape index (κ3) is 4.12. The number of ether oxygens (including phenoxy) is 1. The van der Waals surface area contributed by atoms with E-state index in [0.717, 1.165) is 10.5 Å². The molecule has 4 nitrogen and oxygen atoms in total. The first-order valence-electron chi connectivity index (χ1n) is 7.73. The van der Waals surface area contributed by atoms with E-state index >= 15 is 0 Å². The number of carbonyl (C=O) groups excluding carboxylic acids is 1. The lowest BCUT2D eigenvalue weighted by molar-refractivity contribution is -0.141. The van der Waals surface area contributed by atoms with Crippen molar-refractivity contribution in [2.24, 2.45) is 0 Å². The first kappa shape index (κ1) is 16.0. The van der Waals surface area contributed by atoms with Crippen LogP contribution < -0.4 is 0 Å². The smallest absolute Gasteiger partial charge is 0.233 e. The van der Waals surface area contributed by atoms with Crippen LogP contribution in [-0.4, -0.2) is 40.8 Å². The number of hydrogen-bond donors (Lipinski definition) is 0. The van der Waals surface area contributed by atoms with E-state index in [4.69, 9.17) is 4.74 Å². The quantitative estimate of drug-likeness (QED) is 0.809. The van der Waals surface area contributed by atoms with Crippen molar-refractivity contribution in [2.75, 3.05) is 18.9 Å². The van der Waals surface area contributed by atoms with Crippen molar-refractivity contribution in [3.63, 3.8) is 0 Å². The molecule has 120 valence electrons. The van der Waals surface area contributed by atoms with Gasteiger partial charge in [-0.3, -0.25) is 9.78 Å². The van der Waals surface area contributed by atoms with Crippen LogP contribution >= 0.6 is 11.8 Å². The first-order chi connectivity index (χ1) is 11.2. The van der Waals surface area contributed by atoms with E-state index in [1.807, 2.05) is 42.2 Å². The maximum atomic E-state index is 12.7. The second-order valence-electron chi connectivity index (χ2n) is 5.59. The molecule has 1 fully saturated rings. The topological polar surface area (TPSA) is 42.4 Å². The standard InChI is InChI=1S/C18H20N2O2S/c1-14-11-20(17(12-22-14)15-5-3-2-4-6-15)18(21)13-23-16-7-9-19-10-8-16/h2-10,14,17H,11-13H2,1H3/t14-,17-/m1/s1. The molecular weight excluding hydrogens is 308 g/mol. The van der Waals surface area contributed by atoms with Gasteiger partial charge in [0.1, 0.15) is 0 Å². The van der Waals surface area contributed by atoms with E-state index < -0.39 is 0 Å². The van der Waals surface area contributed by atoms with Gasteiger partial charge in [-0.25, -0.2) is 0 Å². The highest BCUT2D eigenvalue weighted by Crippen LogP contribution is 2.27. The van der Waals surface area contributed by atoms with E-state index in [-0.39, 0.29) is 18.1 Å². The number of benzene rings is 1. The van der Waals surface area contributed by atoms with Gasteiger partial charge >= 0.3 is 0 Å². The molecule has 5 heteroatoms. The summed E-state index contributed by atoms with van der Waals surface area (Å²) in [5, 5.41) is 0. The third-order valence-corrected chi connectivity index (χ3v) is 4.88. The van der Waals surface area contributed by atoms with Crippen LogP contribution in [0.1, 0.15) is 18.5 Å². The molecule has 0 radical (unpaired) electrons. The Bertz CT molecular complexity index is 636. The lowest BCUT2D eigenvalue weighted by Crippen LogP contribution is -2.47. The van der Waals surface area contributed by atoms with Crippen molar-refractivity contribution >= 4 is 17.7 Å². The molecule has 1 aliphatic rings. The van der Waals surface area contributed by atoms with Crippen molar-refractivity contribution in [3.8, 4) is 0 Å². The van der Waals surface area contributed by atoms with E-state index in [1.54, 1.807) is 24.2 Å². The summed E-state index contributed by atoms with van der Waals surface area (Å²) in [4.78, 5) is 19.8. The van der Waals surface area contributed by atoms with Crippen LogP contribution in [0.3, 0.4) is 0 Å². The minimum absolute atomic E-state index is 0.00191. The molecule has 1 saturated heterocycles. The lowest BCUT2D eigenvalue weighted by Gasteiger charge is -2.39. The zero-order valence-electron chi connectivity index (χ0n) is 13.1. The Morgan fingerprint density at radius 2 is 2.00 bits per heavy atom. The number of aromatic nitrogens is 1. The minimum atomic E-state index is -0.00191. The number of pyridine rings is 1. The second kappa shape index (κ2) is 7.62. The zero-order valence-corrected chi connectivity index (χ0v) is 13.9. The van der Waals surface area contributed by atoms with Crippen LogP contribution in [0, 0.1) is 0 Å². The van der Waals surface area contributed by atoms with Crippen LogP contribution in [0.5, 0.6) is 0 Å². The average Bonchev–Trinajstić information content (AvgIpc) is 2.61. The summed E-state index contributed by atoms with van der Waals surface area (Å²) in [5.74, 6) is 0.580. The first-order valence-corrected chi connectivity index (χ1v) is 8.71. The SMILES string of the molecule is C[C@@H]1CN(C(=O)CSc2ccncc2)[C@@H](c2ccccc2)CO1. The van der Waals surface area contributed by atoms with Gasteiger partial charge in [0.25, 0.3) is 0 Å². The van der Waals surface area contributed by atoms with Crippen LogP contribution in [0.15, 0.2) is 59.8 Å². The molecule has 2 atom stereocenters. The number of nitrogens with zero attached hydrogens (tertiary/aromatic N) is 2. The maximum absolute atomic E-state index is 12.7. The molecule has 0 spiro atoms. The Kier molecular flexibility index (Phi) is 5.31. The van der Waals surface area contributed by atoms with E-state index in [2.05, 4.69) is 17.1 Å². The van der Waals surface area contributed by atoms with Gasteiger partial charge in [0, 0.05) is 23.8 Å². The predicted octanol–water partition coefficient (Wildman–Crippen LogP) is 3.16. The van der Waals surface area contributed by atoms with Crippen molar-refractivity contribution in [1.29, 1.82) is 0 Å². The number of rotatable bonds is 4. The molecule has 1 aliphatic heterocycles. The molecule has 1 aromatic heterocycles. The molecule has 23 heavy (non-hydrogen) atoms. The molecule has 2 heterocycles. The number of amides is 1. The Morgan fingerprint density at radius 1 is 1.26 bits per heavy atom. The Hall–Kier alpha value is -1.85. The second-order valence-corrected chi connectivity index (χ2v) is 6.64. The Morgan fingerprint density at radius 3 is 2.74 bits per heavy atom. The molecule has 1 aromatic carbocycles. The van der Waals surface area contributed by atoms with E-state index in [0.29, 0.717) is 18.9 Å². The largest absolute Gasteiger partial charge is 0.374 e. The summed E-state index contributed by atoms with van der Waals surface area (Å²) in [7, 11) is 0. The fourth-order valence-electron chi connectivity index (χ4n) is 2.69. The summed E-state index contributed by atoms with van der Waals surface area (Å²) < 4.78 is 5.78. The predicted molar refractivity (Wildman–Crippen MR) is 91.3 cm³/mol. The minimum Gasteiger partial charge on any atom is -0.374 e. The normalized spacial score (nSPS) is 21.2. The van der Waals surface area contributed by atoms with E-state index in [9.17, 15) is 4.79 Å². The number of thioether (sulfide) groups is 1. The molecule has 3 rings (SSSR count). The molecule has 1 amide bonds. The molecule has 0 aliphatic carbocycles. The third-order valence-electron chi connectivity index (χ3n) is 3.89. The zero-order chi connectivity index (χ0) is 16.1. The monoisotopic (exact) mass is 328 g/mol. The summed E-state index contributed by atoms with van der Waals surface area (Å²) in [5.41, 5.74) is 1.13. The molecular formula is C18H20N2O2S. The van der Waals surface area contributed by atoms with Crippen molar-refractivity contribution in [2.45, 2.75) is 24.0 Å². The van der Waals surface area contributed by atoms with Gasteiger partial charge in [-0.05, 0) is 24.6 Å². The van der Waals surface area contributed by atoms with Gasteiger partial charge in [-0.1, -0.05) is 30.3 Å². The summed E-state index contributed by atoms with van der Waals surface area (Å²) in [6.07, 6.45) is 3.57. The van der Waals surface area contributed by atoms with E-state index in [1.165, 1.54) is 0 Å². The average molecular weight is 328 g/mol. The highest BCUT2D eigenvalue weighted by Gasteiger charge is 2.31. The summed E-state index contributed by atoms with van der Waals surface area (Å²) in [6.45, 7) is 3.20. The van der Waals surface area contributed by atoms with Crippen LogP contribution in [0.2, 0.25) is 0 Å². The van der Waals surface area contributed by atoms with Gasteiger partial charge in [0.2, 0.25) is 5.91 Å². The maximum Gasteiger partial charge on any atom is 0.233 e. The summed E-state index contributed by atoms with van der Waals surface area (Å²) >= 11 is 1.55. The van der Waals surface area contributed by atoms with Crippen LogP contribution in [0.25, 0.3) is 0 Å². The van der Waals surface area contributed by atoms with Gasteiger partial charge in [-0.2, -0.15) is 0 Å². The molecule has 0 unspecified atom stereocenters. The van der Waals surface area contributed by atoms with Gasteiger partial charge in [0.05, 0.1) is 24.5 Å².